The number of rotatable bonds is 5. The first-order valence-corrected chi connectivity index (χ1v) is 10.7. The molecule has 28 heavy (non-hydrogen) atoms. The maximum absolute atomic E-state index is 13.2. The van der Waals surface area contributed by atoms with Gasteiger partial charge in [-0.15, -0.1) is 23.5 Å². The highest BCUT2D eigenvalue weighted by Gasteiger charge is 2.38. The average molecular weight is 423 g/mol. The number of benzene rings is 1. The summed E-state index contributed by atoms with van der Waals surface area (Å²) in [5.41, 5.74) is 7.97. The number of nitrogens with two attached hydrogens (primary N) is 1. The van der Waals surface area contributed by atoms with Crippen molar-refractivity contribution in [3.05, 3.63) is 39.9 Å². The molecule has 0 unspecified atom stereocenters. The van der Waals surface area contributed by atoms with E-state index in [-0.39, 0.29) is 21.1 Å². The Hall–Kier alpha value is -1.73. The van der Waals surface area contributed by atoms with Crippen molar-refractivity contribution in [3.63, 3.8) is 0 Å². The molecule has 7 heteroatoms. The predicted molar refractivity (Wildman–Crippen MR) is 121 cm³/mol. The van der Waals surface area contributed by atoms with Gasteiger partial charge in [-0.3, -0.25) is 9.69 Å². The molecule has 2 rings (SSSR count). The van der Waals surface area contributed by atoms with Gasteiger partial charge in [0.15, 0.2) is 0 Å². The van der Waals surface area contributed by atoms with Gasteiger partial charge in [0.2, 0.25) is 0 Å². The zero-order valence-electron chi connectivity index (χ0n) is 17.9. The SMILES string of the molecule is COc1ccc(N2C(=O)C(N)=C(SC(C)(C)C)/C2=C/SC(C)(C)C)c(OC)c1. The van der Waals surface area contributed by atoms with Crippen molar-refractivity contribution in [1.82, 2.24) is 0 Å². The number of methoxy groups -OCH3 is 2. The van der Waals surface area contributed by atoms with Gasteiger partial charge in [-0.05, 0) is 17.5 Å². The van der Waals surface area contributed by atoms with Crippen LogP contribution >= 0.6 is 23.5 Å². The molecule has 0 radical (unpaired) electrons. The Kier molecular flexibility index (Phi) is 6.71. The van der Waals surface area contributed by atoms with Crippen LogP contribution in [0.15, 0.2) is 39.9 Å². The summed E-state index contributed by atoms with van der Waals surface area (Å²) in [5.74, 6) is 0.970. The number of thioether (sulfide) groups is 2. The third kappa shape index (κ3) is 5.20. The normalized spacial score (nSPS) is 16.9. The summed E-state index contributed by atoms with van der Waals surface area (Å²) >= 11 is 3.26. The molecule has 0 aromatic heterocycles. The van der Waals surface area contributed by atoms with Crippen LogP contribution in [0.1, 0.15) is 41.5 Å². The summed E-state index contributed by atoms with van der Waals surface area (Å²) in [4.78, 5) is 15.6. The van der Waals surface area contributed by atoms with Gasteiger partial charge >= 0.3 is 0 Å². The number of hydrogen-bond acceptors (Lipinski definition) is 6. The molecule has 1 aliphatic heterocycles. The Bertz CT molecular complexity index is 818. The predicted octanol–water partition coefficient (Wildman–Crippen LogP) is 5.13. The molecule has 1 aromatic carbocycles. The number of anilines is 1. The molecule has 1 aliphatic rings. The van der Waals surface area contributed by atoms with Crippen LogP contribution in [0.4, 0.5) is 5.69 Å². The molecule has 5 nitrogen and oxygen atoms in total. The molecule has 0 aliphatic carbocycles. The smallest absolute Gasteiger partial charge is 0.280 e. The highest BCUT2D eigenvalue weighted by atomic mass is 32.2. The number of ether oxygens (including phenoxy) is 2. The molecular formula is C21H30N2O3S2. The maximum Gasteiger partial charge on any atom is 0.280 e. The van der Waals surface area contributed by atoms with E-state index in [1.165, 1.54) is 0 Å². The number of nitrogens with zero attached hydrogens (tertiary/aromatic N) is 1. The van der Waals surface area contributed by atoms with Crippen LogP contribution in [0.2, 0.25) is 0 Å². The molecule has 0 atom stereocenters. The van der Waals surface area contributed by atoms with E-state index in [0.29, 0.717) is 17.2 Å². The van der Waals surface area contributed by atoms with Gasteiger partial charge in [0, 0.05) is 15.6 Å². The summed E-state index contributed by atoms with van der Waals surface area (Å²) in [5, 5.41) is 2.02. The average Bonchev–Trinajstić information content (AvgIpc) is 2.81. The van der Waals surface area contributed by atoms with E-state index in [9.17, 15) is 4.79 Å². The first-order chi connectivity index (χ1) is 12.9. The summed E-state index contributed by atoms with van der Waals surface area (Å²) in [6, 6.07) is 5.40. The number of hydrogen-bond donors (Lipinski definition) is 1. The van der Waals surface area contributed by atoms with E-state index in [4.69, 9.17) is 15.2 Å². The number of carbonyl (C=O) groups is 1. The lowest BCUT2D eigenvalue weighted by Crippen LogP contribution is -2.28. The van der Waals surface area contributed by atoms with Gasteiger partial charge in [-0.1, -0.05) is 41.5 Å². The van der Waals surface area contributed by atoms with Gasteiger partial charge in [0.25, 0.3) is 5.91 Å². The zero-order valence-corrected chi connectivity index (χ0v) is 19.5. The molecule has 0 spiro atoms. The molecule has 1 aromatic rings. The Morgan fingerprint density at radius 1 is 1.04 bits per heavy atom. The molecule has 1 amide bonds. The highest BCUT2D eigenvalue weighted by Crippen LogP contribution is 2.47. The minimum Gasteiger partial charge on any atom is -0.497 e. The second-order valence-corrected chi connectivity index (χ2v) is 11.9. The molecule has 0 saturated heterocycles. The molecule has 1 heterocycles. The van der Waals surface area contributed by atoms with Crippen LogP contribution in [-0.4, -0.2) is 29.6 Å². The minimum atomic E-state index is -0.240. The molecule has 0 bridgehead atoms. The summed E-state index contributed by atoms with van der Waals surface area (Å²) in [6.45, 7) is 12.7. The lowest BCUT2D eigenvalue weighted by atomic mass is 10.2. The lowest BCUT2D eigenvalue weighted by molar-refractivity contribution is -0.114. The van der Waals surface area contributed by atoms with Crippen LogP contribution in [-0.2, 0) is 4.79 Å². The largest absolute Gasteiger partial charge is 0.497 e. The van der Waals surface area contributed by atoms with Crippen LogP contribution in [0, 0.1) is 0 Å². The second kappa shape index (κ2) is 8.33. The van der Waals surface area contributed by atoms with Crippen molar-refractivity contribution >= 4 is 35.1 Å². The van der Waals surface area contributed by atoms with Crippen LogP contribution < -0.4 is 20.1 Å². The van der Waals surface area contributed by atoms with E-state index in [2.05, 4.69) is 41.5 Å². The van der Waals surface area contributed by atoms with Crippen molar-refractivity contribution in [3.8, 4) is 11.5 Å². The second-order valence-electron chi connectivity index (χ2n) is 8.37. The third-order valence-electron chi connectivity index (χ3n) is 3.71. The quantitative estimate of drug-likeness (QED) is 0.710. The Balaban J connectivity index is 2.61. The number of amides is 1. The molecule has 2 N–H and O–H groups in total. The van der Waals surface area contributed by atoms with E-state index in [1.54, 1.807) is 48.7 Å². The fourth-order valence-corrected chi connectivity index (χ4v) is 4.36. The highest BCUT2D eigenvalue weighted by molar-refractivity contribution is 8.05. The number of carbonyl (C=O) groups excluding carboxylic acids is 1. The van der Waals surface area contributed by atoms with Gasteiger partial charge in [-0.25, -0.2) is 0 Å². The Labute approximate surface area is 176 Å². The van der Waals surface area contributed by atoms with Gasteiger partial charge < -0.3 is 15.2 Å². The minimum absolute atomic E-state index is 0.000569. The Morgan fingerprint density at radius 3 is 2.18 bits per heavy atom. The Morgan fingerprint density at radius 2 is 1.68 bits per heavy atom. The van der Waals surface area contributed by atoms with Crippen molar-refractivity contribution in [2.45, 2.75) is 51.0 Å². The van der Waals surface area contributed by atoms with Crippen molar-refractivity contribution in [2.24, 2.45) is 5.73 Å². The van der Waals surface area contributed by atoms with E-state index in [0.717, 1.165) is 10.6 Å². The fourth-order valence-electron chi connectivity index (χ4n) is 2.53. The standard InChI is InChI=1S/C21H30N2O3S2/c1-20(2,3)27-12-15-18(28-21(4,5)6)17(22)19(24)23(15)14-10-9-13(25-7)11-16(14)26-8/h9-12H,22H2,1-8H3/b15-12-. The molecular weight excluding hydrogens is 392 g/mol. The fraction of sp³-hybridized carbons (Fsp3) is 0.476. The van der Waals surface area contributed by atoms with E-state index < -0.39 is 0 Å². The van der Waals surface area contributed by atoms with E-state index >= 15 is 0 Å². The summed E-state index contributed by atoms with van der Waals surface area (Å²) in [7, 11) is 3.17. The van der Waals surface area contributed by atoms with Crippen LogP contribution in [0.25, 0.3) is 0 Å². The van der Waals surface area contributed by atoms with Crippen molar-refractivity contribution < 1.29 is 14.3 Å². The van der Waals surface area contributed by atoms with Gasteiger partial charge in [0.05, 0.1) is 30.5 Å². The summed E-state index contributed by atoms with van der Waals surface area (Å²) in [6.07, 6.45) is 0. The van der Waals surface area contributed by atoms with Crippen LogP contribution in [0.5, 0.6) is 11.5 Å². The third-order valence-corrected chi connectivity index (χ3v) is 6.01. The maximum atomic E-state index is 13.2. The monoisotopic (exact) mass is 422 g/mol. The summed E-state index contributed by atoms with van der Waals surface area (Å²) < 4.78 is 10.7. The molecule has 154 valence electrons. The van der Waals surface area contributed by atoms with Crippen molar-refractivity contribution in [2.75, 3.05) is 19.1 Å². The molecule has 0 saturated carbocycles. The van der Waals surface area contributed by atoms with Crippen LogP contribution in [0.3, 0.4) is 0 Å². The van der Waals surface area contributed by atoms with Gasteiger partial charge in [-0.2, -0.15) is 0 Å². The van der Waals surface area contributed by atoms with Crippen molar-refractivity contribution in [1.29, 1.82) is 0 Å². The van der Waals surface area contributed by atoms with Gasteiger partial charge in [0.1, 0.15) is 17.2 Å². The van der Waals surface area contributed by atoms with E-state index in [1.807, 2.05) is 17.5 Å². The zero-order chi connectivity index (χ0) is 21.3. The topological polar surface area (TPSA) is 64.8 Å². The lowest BCUT2D eigenvalue weighted by Gasteiger charge is -2.25. The first kappa shape index (κ1) is 22.6. The first-order valence-electron chi connectivity index (χ1n) is 9.01. The molecule has 0 fully saturated rings.